The lowest BCUT2D eigenvalue weighted by Gasteiger charge is -2.22. The second-order valence-corrected chi connectivity index (χ2v) is 8.00. The van der Waals surface area contributed by atoms with E-state index in [0.29, 0.717) is 0 Å². The molecular formula is C21H25F3N4O5. The van der Waals surface area contributed by atoms with Crippen molar-refractivity contribution in [1.29, 1.82) is 0 Å². The van der Waals surface area contributed by atoms with E-state index in [0.717, 1.165) is 6.07 Å². The van der Waals surface area contributed by atoms with Crippen molar-refractivity contribution in [1.82, 2.24) is 15.3 Å². The normalized spacial score (nSPS) is 12.5. The van der Waals surface area contributed by atoms with Crippen LogP contribution in [0.2, 0.25) is 0 Å². The molecule has 0 bridgehead atoms. The number of rotatable bonds is 7. The highest BCUT2D eigenvalue weighted by molar-refractivity contribution is 5.95. The number of halogens is 3. The molecule has 9 nitrogen and oxygen atoms in total. The van der Waals surface area contributed by atoms with Gasteiger partial charge in [0.25, 0.3) is 5.91 Å². The maximum Gasteiger partial charge on any atom is 0.573 e. The highest BCUT2D eigenvalue weighted by Gasteiger charge is 2.32. The van der Waals surface area contributed by atoms with Gasteiger partial charge in [-0.05, 0) is 45.7 Å². The Hall–Kier alpha value is -3.57. The topological polar surface area (TPSA) is 112 Å². The van der Waals surface area contributed by atoms with Crippen LogP contribution in [0.5, 0.6) is 17.5 Å². The molecule has 0 aliphatic carbocycles. The van der Waals surface area contributed by atoms with Gasteiger partial charge < -0.3 is 24.8 Å². The maximum atomic E-state index is 12.5. The molecule has 2 amide bonds. The number of nitrogens with zero attached hydrogens (tertiary/aromatic N) is 2. The van der Waals surface area contributed by atoms with Crippen LogP contribution in [0.3, 0.4) is 0 Å². The number of nitrogens with one attached hydrogen (secondary N) is 2. The van der Waals surface area contributed by atoms with Crippen LogP contribution < -0.4 is 20.1 Å². The Balaban J connectivity index is 2.00. The minimum atomic E-state index is -4.84. The van der Waals surface area contributed by atoms with Crippen LogP contribution in [0.4, 0.5) is 23.7 Å². The summed E-state index contributed by atoms with van der Waals surface area (Å²) >= 11 is 0. The van der Waals surface area contributed by atoms with Crippen LogP contribution in [0.25, 0.3) is 0 Å². The minimum absolute atomic E-state index is 0.0287. The number of benzene rings is 1. The summed E-state index contributed by atoms with van der Waals surface area (Å²) in [5.74, 6) is -0.961. The summed E-state index contributed by atoms with van der Waals surface area (Å²) in [7, 11) is 0. The van der Waals surface area contributed by atoms with Gasteiger partial charge in [0.2, 0.25) is 0 Å². The zero-order chi connectivity index (χ0) is 24.8. The van der Waals surface area contributed by atoms with E-state index in [1.807, 2.05) is 0 Å². The number of alkyl halides is 3. The van der Waals surface area contributed by atoms with Crippen molar-refractivity contribution < 1.29 is 37.0 Å². The van der Waals surface area contributed by atoms with E-state index in [9.17, 15) is 22.8 Å². The van der Waals surface area contributed by atoms with E-state index in [4.69, 9.17) is 9.47 Å². The number of hydrogen-bond donors (Lipinski definition) is 2. The third-order valence-electron chi connectivity index (χ3n) is 3.88. The Kier molecular flexibility index (Phi) is 8.07. The Morgan fingerprint density at radius 2 is 1.76 bits per heavy atom. The van der Waals surface area contributed by atoms with Crippen LogP contribution in [-0.4, -0.2) is 40.0 Å². The number of aromatic nitrogens is 2. The Bertz CT molecular complexity index is 975. The Morgan fingerprint density at radius 3 is 2.30 bits per heavy atom. The van der Waals surface area contributed by atoms with Gasteiger partial charge in [-0.1, -0.05) is 13.0 Å². The van der Waals surface area contributed by atoms with Crippen molar-refractivity contribution in [3.8, 4) is 17.5 Å². The molecule has 0 saturated carbocycles. The largest absolute Gasteiger partial charge is 0.573 e. The Labute approximate surface area is 188 Å². The van der Waals surface area contributed by atoms with Crippen LogP contribution in [0, 0.1) is 6.92 Å². The molecule has 1 atom stereocenters. The molecule has 0 saturated heterocycles. The van der Waals surface area contributed by atoms with Gasteiger partial charge in [0, 0.05) is 11.6 Å². The zero-order valence-electron chi connectivity index (χ0n) is 18.7. The van der Waals surface area contributed by atoms with Gasteiger partial charge >= 0.3 is 18.5 Å². The number of amides is 2. The van der Waals surface area contributed by atoms with Crippen molar-refractivity contribution in [2.24, 2.45) is 0 Å². The van der Waals surface area contributed by atoms with E-state index < -0.39 is 35.8 Å². The molecule has 12 heteroatoms. The lowest BCUT2D eigenvalue weighted by atomic mass is 10.1. The van der Waals surface area contributed by atoms with E-state index in [2.05, 4.69) is 25.3 Å². The quantitative estimate of drug-likeness (QED) is 0.602. The predicted molar refractivity (Wildman–Crippen MR) is 112 cm³/mol. The highest BCUT2D eigenvalue weighted by atomic mass is 19.4. The SMILES string of the molecule is CC[C@@H](OC(=O)NC(C)(C)C)C(=O)Nc1cnc(Oc2ccc(C)c(OC(F)(F)F)c2)nc1. The standard InChI is InChI=1S/C21H25F3N4O5/c1-6-15(32-19(30)28-20(3,4)5)17(29)27-13-10-25-18(26-11-13)31-14-8-7-12(2)16(9-14)33-21(22,23)24/h7-11,15H,6H2,1-5H3,(H,27,29)(H,28,30)/t15-/m1/s1. The van der Waals surface area contributed by atoms with Gasteiger partial charge in [0.05, 0.1) is 18.1 Å². The number of carbonyl (C=O) groups is 2. The summed E-state index contributed by atoms with van der Waals surface area (Å²) < 4.78 is 52.0. The van der Waals surface area contributed by atoms with Crippen LogP contribution in [-0.2, 0) is 9.53 Å². The fraction of sp³-hybridized carbons (Fsp3) is 0.429. The maximum absolute atomic E-state index is 12.5. The van der Waals surface area contributed by atoms with Crippen LogP contribution in [0.1, 0.15) is 39.7 Å². The lowest BCUT2D eigenvalue weighted by Crippen LogP contribution is -2.44. The highest BCUT2D eigenvalue weighted by Crippen LogP contribution is 2.31. The molecule has 1 aromatic heterocycles. The van der Waals surface area contributed by atoms with E-state index >= 15 is 0 Å². The fourth-order valence-corrected chi connectivity index (χ4v) is 2.43. The second-order valence-electron chi connectivity index (χ2n) is 8.00. The molecule has 0 aliphatic rings. The molecule has 1 heterocycles. The third kappa shape index (κ3) is 8.83. The molecule has 0 spiro atoms. The van der Waals surface area contributed by atoms with Crippen molar-refractivity contribution in [3.63, 3.8) is 0 Å². The first-order chi connectivity index (χ1) is 15.3. The summed E-state index contributed by atoms with van der Waals surface area (Å²) in [6, 6.07) is 3.73. The van der Waals surface area contributed by atoms with Gasteiger partial charge in [-0.2, -0.15) is 0 Å². The smallest absolute Gasteiger partial charge is 0.436 e. The van der Waals surface area contributed by atoms with Gasteiger partial charge in [0.1, 0.15) is 11.5 Å². The number of aryl methyl sites for hydroxylation is 1. The molecule has 0 fully saturated rings. The molecule has 0 aliphatic heterocycles. The first-order valence-corrected chi connectivity index (χ1v) is 9.91. The number of carbonyl (C=O) groups excluding carboxylic acids is 2. The molecular weight excluding hydrogens is 445 g/mol. The Morgan fingerprint density at radius 1 is 1.12 bits per heavy atom. The summed E-state index contributed by atoms with van der Waals surface area (Å²) in [5.41, 5.74) is -0.0507. The van der Waals surface area contributed by atoms with E-state index in [1.54, 1.807) is 27.7 Å². The van der Waals surface area contributed by atoms with Gasteiger partial charge in [-0.3, -0.25) is 4.79 Å². The lowest BCUT2D eigenvalue weighted by molar-refractivity contribution is -0.274. The van der Waals surface area contributed by atoms with Crippen molar-refractivity contribution in [3.05, 3.63) is 36.2 Å². The van der Waals surface area contributed by atoms with E-state index in [1.165, 1.54) is 31.5 Å². The molecule has 2 N–H and O–H groups in total. The van der Waals surface area contributed by atoms with Gasteiger partial charge in [-0.25, -0.2) is 14.8 Å². The fourth-order valence-electron chi connectivity index (χ4n) is 2.43. The molecule has 2 aromatic rings. The zero-order valence-corrected chi connectivity index (χ0v) is 18.7. The summed E-state index contributed by atoms with van der Waals surface area (Å²) in [6.45, 7) is 8.46. The van der Waals surface area contributed by atoms with Crippen molar-refractivity contribution >= 4 is 17.7 Å². The number of hydrogen-bond acceptors (Lipinski definition) is 7. The number of ether oxygens (including phenoxy) is 3. The minimum Gasteiger partial charge on any atom is -0.436 e. The summed E-state index contributed by atoms with van der Waals surface area (Å²) in [6.07, 6.45) is -3.89. The van der Waals surface area contributed by atoms with Crippen LogP contribution in [0.15, 0.2) is 30.6 Å². The second kappa shape index (κ2) is 10.4. The van der Waals surface area contributed by atoms with Crippen LogP contribution >= 0.6 is 0 Å². The predicted octanol–water partition coefficient (Wildman–Crippen LogP) is 4.72. The number of alkyl carbamates (subject to hydrolysis) is 1. The van der Waals surface area contributed by atoms with Crippen molar-refractivity contribution in [2.45, 2.75) is 59.0 Å². The molecule has 0 radical (unpaired) electrons. The molecule has 1 aromatic carbocycles. The van der Waals surface area contributed by atoms with E-state index in [-0.39, 0.29) is 29.4 Å². The average molecular weight is 470 g/mol. The molecule has 2 rings (SSSR count). The average Bonchev–Trinajstić information content (AvgIpc) is 2.67. The van der Waals surface area contributed by atoms with Gasteiger partial charge in [-0.15, -0.1) is 13.2 Å². The molecule has 0 unspecified atom stereocenters. The van der Waals surface area contributed by atoms with Crippen molar-refractivity contribution in [2.75, 3.05) is 5.32 Å². The molecule has 180 valence electrons. The summed E-state index contributed by atoms with van der Waals surface area (Å²) in [5, 5.41) is 5.12. The first kappa shape index (κ1) is 25.7. The number of anilines is 1. The molecule has 33 heavy (non-hydrogen) atoms. The summed E-state index contributed by atoms with van der Waals surface area (Å²) in [4.78, 5) is 32.1. The van der Waals surface area contributed by atoms with Gasteiger partial charge in [0.15, 0.2) is 6.10 Å². The first-order valence-electron chi connectivity index (χ1n) is 9.91. The monoisotopic (exact) mass is 470 g/mol. The third-order valence-corrected chi connectivity index (χ3v) is 3.88.